The Kier molecular flexibility index (Phi) is 12.3. The molecule has 2 rings (SSSR count). The van der Waals surface area contributed by atoms with Gasteiger partial charge in [0.15, 0.2) is 0 Å². The van der Waals surface area contributed by atoms with E-state index in [2.05, 4.69) is 11.8 Å². The van der Waals surface area contributed by atoms with Crippen molar-refractivity contribution >= 4 is 11.9 Å². The van der Waals surface area contributed by atoms with Gasteiger partial charge in [-0.2, -0.15) is 0 Å². The van der Waals surface area contributed by atoms with Gasteiger partial charge in [0.2, 0.25) is 5.91 Å². The summed E-state index contributed by atoms with van der Waals surface area (Å²) in [6.45, 7) is 6.57. The van der Waals surface area contributed by atoms with E-state index in [1.54, 1.807) is 0 Å². The number of unbranched alkanes of at least 4 members (excludes halogenated alkanes) is 8. The molecule has 0 aromatic carbocycles. The van der Waals surface area contributed by atoms with Crippen LogP contribution >= 0.6 is 0 Å². The van der Waals surface area contributed by atoms with Gasteiger partial charge in [0.25, 0.3) is 0 Å². The normalized spacial score (nSPS) is 18.9. The number of hydrogen-bond acceptors (Lipinski definition) is 4. The topological polar surface area (TPSA) is 49.9 Å². The average molecular weight is 409 g/mol. The van der Waals surface area contributed by atoms with Crippen LogP contribution in [0.15, 0.2) is 0 Å². The van der Waals surface area contributed by atoms with Gasteiger partial charge in [-0.05, 0) is 38.8 Å². The molecule has 0 spiro atoms. The maximum absolute atomic E-state index is 12.4. The van der Waals surface area contributed by atoms with Crippen molar-refractivity contribution < 1.29 is 14.3 Å². The van der Waals surface area contributed by atoms with Gasteiger partial charge in [0.1, 0.15) is 6.10 Å². The molecule has 0 N–H and O–H groups in total. The SMILES string of the molecule is CCCCCCCCCCCC(=O)OC(CN1CCCCC1)CN1CCCC1=O. The van der Waals surface area contributed by atoms with Crippen LogP contribution in [0.3, 0.4) is 0 Å². The zero-order chi connectivity index (χ0) is 20.7. The molecule has 0 saturated carbocycles. The maximum atomic E-state index is 12.4. The van der Waals surface area contributed by atoms with E-state index < -0.39 is 0 Å². The predicted octanol–water partition coefficient (Wildman–Crippen LogP) is 4.93. The van der Waals surface area contributed by atoms with Crippen molar-refractivity contribution in [1.29, 1.82) is 0 Å². The molecule has 2 fully saturated rings. The molecule has 2 heterocycles. The Morgan fingerprint density at radius 3 is 2.14 bits per heavy atom. The number of esters is 1. The Morgan fingerprint density at radius 1 is 0.862 bits per heavy atom. The van der Waals surface area contributed by atoms with Crippen LogP contribution in [-0.4, -0.2) is 60.5 Å². The van der Waals surface area contributed by atoms with Gasteiger partial charge >= 0.3 is 5.97 Å². The molecular formula is C24H44N2O3. The molecule has 168 valence electrons. The number of carbonyl (C=O) groups is 2. The summed E-state index contributed by atoms with van der Waals surface area (Å²) in [6.07, 6.45) is 16.9. The van der Waals surface area contributed by atoms with E-state index >= 15 is 0 Å². The lowest BCUT2D eigenvalue weighted by molar-refractivity contribution is -0.152. The fraction of sp³-hybridized carbons (Fsp3) is 0.917. The molecule has 29 heavy (non-hydrogen) atoms. The van der Waals surface area contributed by atoms with Gasteiger partial charge in [-0.25, -0.2) is 0 Å². The number of piperidine rings is 1. The zero-order valence-electron chi connectivity index (χ0n) is 18.8. The maximum Gasteiger partial charge on any atom is 0.306 e. The average Bonchev–Trinajstić information content (AvgIpc) is 3.12. The quantitative estimate of drug-likeness (QED) is 0.285. The molecule has 0 aliphatic carbocycles. The van der Waals surface area contributed by atoms with Crippen molar-refractivity contribution in [3.8, 4) is 0 Å². The lowest BCUT2D eigenvalue weighted by Gasteiger charge is -2.32. The second kappa shape index (κ2) is 14.8. The molecule has 5 nitrogen and oxygen atoms in total. The second-order valence-electron chi connectivity index (χ2n) is 8.99. The largest absolute Gasteiger partial charge is 0.459 e. The summed E-state index contributed by atoms with van der Waals surface area (Å²) in [5, 5.41) is 0. The van der Waals surface area contributed by atoms with E-state index in [1.165, 1.54) is 64.2 Å². The molecule has 2 aliphatic rings. The van der Waals surface area contributed by atoms with E-state index in [4.69, 9.17) is 4.74 Å². The summed E-state index contributed by atoms with van der Waals surface area (Å²) in [4.78, 5) is 28.7. The van der Waals surface area contributed by atoms with Crippen LogP contribution < -0.4 is 0 Å². The first-order chi connectivity index (χ1) is 14.2. The van der Waals surface area contributed by atoms with Crippen LogP contribution in [0.25, 0.3) is 0 Å². The summed E-state index contributed by atoms with van der Waals surface area (Å²) >= 11 is 0. The first-order valence-electron chi connectivity index (χ1n) is 12.4. The minimum absolute atomic E-state index is 0.0819. The van der Waals surface area contributed by atoms with Crippen molar-refractivity contribution in [2.45, 2.75) is 109 Å². The van der Waals surface area contributed by atoms with Crippen molar-refractivity contribution in [2.24, 2.45) is 0 Å². The Labute approximate surface area is 178 Å². The summed E-state index contributed by atoms with van der Waals surface area (Å²) in [5.41, 5.74) is 0. The summed E-state index contributed by atoms with van der Waals surface area (Å²) in [7, 11) is 0. The minimum atomic E-state index is -0.179. The zero-order valence-corrected chi connectivity index (χ0v) is 18.8. The molecule has 0 aromatic rings. The molecule has 1 amide bonds. The standard InChI is InChI=1S/C24H44N2O3/c1-2-3-4-5-6-7-8-9-11-16-24(28)29-22(20-25-17-12-10-13-18-25)21-26-19-14-15-23(26)27/h22H,2-21H2,1H3. The number of likely N-dealkylation sites (tertiary alicyclic amines) is 2. The second-order valence-corrected chi connectivity index (χ2v) is 8.99. The number of hydrogen-bond donors (Lipinski definition) is 0. The van der Waals surface area contributed by atoms with E-state index in [0.717, 1.165) is 45.4 Å². The van der Waals surface area contributed by atoms with Crippen LogP contribution in [0.4, 0.5) is 0 Å². The fourth-order valence-corrected chi connectivity index (χ4v) is 4.53. The first-order valence-corrected chi connectivity index (χ1v) is 12.4. The molecular weight excluding hydrogens is 364 g/mol. The predicted molar refractivity (Wildman–Crippen MR) is 118 cm³/mol. The van der Waals surface area contributed by atoms with E-state index in [0.29, 0.717) is 19.4 Å². The van der Waals surface area contributed by atoms with Gasteiger partial charge in [0, 0.05) is 25.9 Å². The molecule has 5 heteroatoms. The smallest absolute Gasteiger partial charge is 0.306 e. The van der Waals surface area contributed by atoms with Gasteiger partial charge < -0.3 is 9.64 Å². The summed E-state index contributed by atoms with van der Waals surface area (Å²) < 4.78 is 5.86. The minimum Gasteiger partial charge on any atom is -0.459 e. The highest BCUT2D eigenvalue weighted by molar-refractivity contribution is 5.78. The molecule has 0 radical (unpaired) electrons. The number of ether oxygens (including phenoxy) is 1. The van der Waals surface area contributed by atoms with Gasteiger partial charge in [-0.15, -0.1) is 0 Å². The third-order valence-electron chi connectivity index (χ3n) is 6.29. The van der Waals surface area contributed by atoms with Crippen LogP contribution in [0.5, 0.6) is 0 Å². The molecule has 1 unspecified atom stereocenters. The van der Waals surface area contributed by atoms with Crippen LogP contribution in [0, 0.1) is 0 Å². The van der Waals surface area contributed by atoms with Crippen LogP contribution in [0.1, 0.15) is 103 Å². The van der Waals surface area contributed by atoms with Gasteiger partial charge in [0.05, 0.1) is 6.54 Å². The van der Waals surface area contributed by atoms with E-state index in [-0.39, 0.29) is 18.0 Å². The number of amides is 1. The third-order valence-corrected chi connectivity index (χ3v) is 6.29. The van der Waals surface area contributed by atoms with Crippen molar-refractivity contribution in [1.82, 2.24) is 9.80 Å². The molecule has 0 bridgehead atoms. The Balaban J connectivity index is 1.64. The van der Waals surface area contributed by atoms with Crippen molar-refractivity contribution in [3.05, 3.63) is 0 Å². The fourth-order valence-electron chi connectivity index (χ4n) is 4.53. The summed E-state index contributed by atoms with van der Waals surface area (Å²) in [5.74, 6) is 0.130. The molecule has 1 atom stereocenters. The molecule has 2 saturated heterocycles. The monoisotopic (exact) mass is 408 g/mol. The Hall–Kier alpha value is -1.10. The Morgan fingerprint density at radius 2 is 1.52 bits per heavy atom. The first kappa shape index (κ1) is 24.2. The third kappa shape index (κ3) is 10.5. The summed E-state index contributed by atoms with van der Waals surface area (Å²) in [6, 6.07) is 0. The number of rotatable bonds is 15. The van der Waals surface area contributed by atoms with Crippen molar-refractivity contribution in [3.63, 3.8) is 0 Å². The highest BCUT2D eigenvalue weighted by Crippen LogP contribution is 2.16. The lowest BCUT2D eigenvalue weighted by Crippen LogP contribution is -2.44. The van der Waals surface area contributed by atoms with E-state index in [1.807, 2.05) is 4.90 Å². The molecule has 2 aliphatic heterocycles. The number of nitrogens with zero attached hydrogens (tertiary/aromatic N) is 2. The van der Waals surface area contributed by atoms with Crippen LogP contribution in [0.2, 0.25) is 0 Å². The van der Waals surface area contributed by atoms with Gasteiger partial charge in [-0.1, -0.05) is 64.7 Å². The molecule has 0 aromatic heterocycles. The van der Waals surface area contributed by atoms with E-state index in [9.17, 15) is 9.59 Å². The van der Waals surface area contributed by atoms with Gasteiger partial charge in [-0.3, -0.25) is 14.5 Å². The van der Waals surface area contributed by atoms with Crippen molar-refractivity contribution in [2.75, 3.05) is 32.7 Å². The highest BCUT2D eigenvalue weighted by Gasteiger charge is 2.27. The van der Waals surface area contributed by atoms with Crippen LogP contribution in [-0.2, 0) is 14.3 Å². The number of carbonyl (C=O) groups excluding carboxylic acids is 2. The highest BCUT2D eigenvalue weighted by atomic mass is 16.5. The Bertz CT molecular complexity index is 463. The lowest BCUT2D eigenvalue weighted by atomic mass is 10.1.